The van der Waals surface area contributed by atoms with Gasteiger partial charge in [-0.1, -0.05) is 6.92 Å². The summed E-state index contributed by atoms with van der Waals surface area (Å²) in [7, 11) is 0. The number of nitrogens with one attached hydrogen (secondary N) is 1. The first-order chi connectivity index (χ1) is 9.13. The van der Waals surface area contributed by atoms with Crippen LogP contribution >= 0.6 is 11.3 Å². The van der Waals surface area contributed by atoms with E-state index >= 15 is 0 Å². The Hall–Kier alpha value is -1.20. The highest BCUT2D eigenvalue weighted by Crippen LogP contribution is 2.28. The summed E-state index contributed by atoms with van der Waals surface area (Å²) in [4.78, 5) is 10.1. The number of thiazole rings is 1. The molecular formula is C14H22N4S. The number of hydrogen-bond donors (Lipinski definition) is 1. The van der Waals surface area contributed by atoms with Crippen LogP contribution in [-0.4, -0.2) is 21.1 Å². The lowest BCUT2D eigenvalue weighted by Crippen LogP contribution is -2.18. The van der Waals surface area contributed by atoms with Crippen molar-refractivity contribution in [1.29, 1.82) is 0 Å². The topological polar surface area (TPSA) is 42.7 Å². The van der Waals surface area contributed by atoms with E-state index in [9.17, 15) is 0 Å². The van der Waals surface area contributed by atoms with E-state index in [1.165, 1.54) is 10.6 Å². The molecule has 0 saturated carbocycles. The molecule has 0 aromatic carbocycles. The number of hydrogen-bond acceptors (Lipinski definition) is 4. The first-order valence-electron chi connectivity index (χ1n) is 6.78. The average Bonchev–Trinajstić information content (AvgIpc) is 2.95. The van der Waals surface area contributed by atoms with Gasteiger partial charge in [-0.2, -0.15) is 0 Å². The lowest BCUT2D eigenvalue weighted by molar-refractivity contribution is 0.577. The first-order valence-corrected chi connectivity index (χ1v) is 7.60. The van der Waals surface area contributed by atoms with E-state index in [1.54, 1.807) is 11.3 Å². The number of aromatic nitrogens is 3. The van der Waals surface area contributed by atoms with Crippen LogP contribution in [0.1, 0.15) is 47.6 Å². The van der Waals surface area contributed by atoms with Crippen LogP contribution in [0.3, 0.4) is 0 Å². The van der Waals surface area contributed by atoms with Gasteiger partial charge in [0.1, 0.15) is 0 Å². The highest BCUT2D eigenvalue weighted by molar-refractivity contribution is 7.11. The van der Waals surface area contributed by atoms with E-state index in [2.05, 4.69) is 47.5 Å². The summed E-state index contributed by atoms with van der Waals surface area (Å²) in [6, 6.07) is 0.298. The fourth-order valence-corrected chi connectivity index (χ4v) is 3.25. The highest BCUT2D eigenvalue weighted by Gasteiger charge is 2.16. The molecule has 5 heteroatoms. The van der Waals surface area contributed by atoms with Gasteiger partial charge < -0.3 is 9.88 Å². The van der Waals surface area contributed by atoms with Crippen molar-refractivity contribution in [2.75, 3.05) is 6.54 Å². The van der Waals surface area contributed by atoms with Gasteiger partial charge in [0.15, 0.2) is 0 Å². The molecule has 0 fully saturated rings. The van der Waals surface area contributed by atoms with E-state index < -0.39 is 0 Å². The molecule has 2 aromatic heterocycles. The molecule has 1 N–H and O–H groups in total. The minimum Gasteiger partial charge on any atom is -0.325 e. The lowest BCUT2D eigenvalue weighted by atomic mass is 10.2. The molecule has 0 radical (unpaired) electrons. The third kappa shape index (κ3) is 3.22. The Labute approximate surface area is 118 Å². The van der Waals surface area contributed by atoms with Crippen molar-refractivity contribution < 1.29 is 0 Å². The maximum absolute atomic E-state index is 4.52. The van der Waals surface area contributed by atoms with Crippen molar-refractivity contribution in [1.82, 2.24) is 19.9 Å². The molecule has 19 heavy (non-hydrogen) atoms. The average molecular weight is 278 g/mol. The number of imidazole rings is 1. The van der Waals surface area contributed by atoms with Gasteiger partial charge in [-0.25, -0.2) is 9.97 Å². The summed E-state index contributed by atoms with van der Waals surface area (Å²) in [5.41, 5.74) is 2.36. The third-order valence-electron chi connectivity index (χ3n) is 3.22. The second-order valence-corrected chi connectivity index (χ2v) is 6.06. The highest BCUT2D eigenvalue weighted by atomic mass is 32.1. The first kappa shape index (κ1) is 14.2. The van der Waals surface area contributed by atoms with Crippen LogP contribution in [0.4, 0.5) is 0 Å². The fourth-order valence-electron chi connectivity index (χ4n) is 2.27. The van der Waals surface area contributed by atoms with Crippen LogP contribution in [0, 0.1) is 13.8 Å². The molecule has 0 spiro atoms. The molecule has 4 nitrogen and oxygen atoms in total. The quantitative estimate of drug-likeness (QED) is 0.826. The predicted molar refractivity (Wildman–Crippen MR) is 79.6 cm³/mol. The molecule has 1 atom stereocenters. The zero-order valence-electron chi connectivity index (χ0n) is 12.1. The van der Waals surface area contributed by atoms with Crippen LogP contribution in [0.5, 0.6) is 0 Å². The van der Waals surface area contributed by atoms with Gasteiger partial charge in [-0.15, -0.1) is 11.3 Å². The summed E-state index contributed by atoms with van der Waals surface area (Å²) in [6.07, 6.45) is 5.02. The molecule has 2 heterocycles. The number of rotatable bonds is 6. The Morgan fingerprint density at radius 1 is 1.42 bits per heavy atom. The maximum atomic E-state index is 4.52. The van der Waals surface area contributed by atoms with E-state index in [4.69, 9.17) is 0 Å². The standard InChI is InChI=1S/C14H22N4S/c1-5-6-15-7-13-8-16-9-18(13)11(3)14-10(2)17-12(4)19-14/h8-9,11,15H,5-7H2,1-4H3. The van der Waals surface area contributed by atoms with Gasteiger partial charge in [0.2, 0.25) is 0 Å². The molecule has 104 valence electrons. The monoisotopic (exact) mass is 278 g/mol. The molecule has 0 aliphatic heterocycles. The van der Waals surface area contributed by atoms with Crippen molar-refractivity contribution in [3.05, 3.63) is 33.8 Å². The van der Waals surface area contributed by atoms with Crippen LogP contribution in [0.2, 0.25) is 0 Å². The van der Waals surface area contributed by atoms with Crippen molar-refractivity contribution in [2.24, 2.45) is 0 Å². The van der Waals surface area contributed by atoms with Gasteiger partial charge in [0.25, 0.3) is 0 Å². The Balaban J connectivity index is 2.17. The number of aryl methyl sites for hydroxylation is 2. The SMILES string of the molecule is CCCNCc1cncn1C(C)c1sc(C)nc1C. The molecule has 2 aromatic rings. The molecule has 2 rings (SSSR count). The van der Waals surface area contributed by atoms with E-state index in [0.29, 0.717) is 6.04 Å². The summed E-state index contributed by atoms with van der Waals surface area (Å²) in [6.45, 7) is 10.4. The van der Waals surface area contributed by atoms with Gasteiger partial charge >= 0.3 is 0 Å². The normalized spacial score (nSPS) is 12.8. The largest absolute Gasteiger partial charge is 0.325 e. The van der Waals surface area contributed by atoms with Crippen LogP contribution in [0.15, 0.2) is 12.5 Å². The molecule has 0 amide bonds. The van der Waals surface area contributed by atoms with Gasteiger partial charge in [-0.3, -0.25) is 0 Å². The molecule has 1 unspecified atom stereocenters. The summed E-state index contributed by atoms with van der Waals surface area (Å²) < 4.78 is 2.24. The molecule has 0 bridgehead atoms. The summed E-state index contributed by atoms with van der Waals surface area (Å²) in [5.74, 6) is 0. The van der Waals surface area contributed by atoms with Crippen molar-refractivity contribution in [3.63, 3.8) is 0 Å². The van der Waals surface area contributed by atoms with Crippen LogP contribution < -0.4 is 5.32 Å². The lowest BCUT2D eigenvalue weighted by Gasteiger charge is -2.16. The van der Waals surface area contributed by atoms with Gasteiger partial charge in [0.05, 0.1) is 33.6 Å². The minimum atomic E-state index is 0.298. The predicted octanol–water partition coefficient (Wildman–Crippen LogP) is 3.07. The Morgan fingerprint density at radius 3 is 2.84 bits per heavy atom. The van der Waals surface area contributed by atoms with E-state index in [0.717, 1.165) is 30.2 Å². The summed E-state index contributed by atoms with van der Waals surface area (Å²) in [5, 5.41) is 4.56. The molecular weight excluding hydrogens is 256 g/mol. The smallest absolute Gasteiger partial charge is 0.0954 e. The Morgan fingerprint density at radius 2 is 2.21 bits per heavy atom. The van der Waals surface area contributed by atoms with Crippen LogP contribution in [0.25, 0.3) is 0 Å². The molecule has 0 aliphatic carbocycles. The second kappa shape index (κ2) is 6.30. The molecule has 0 aliphatic rings. The Kier molecular flexibility index (Phi) is 4.71. The van der Waals surface area contributed by atoms with E-state index in [1.807, 2.05) is 12.5 Å². The van der Waals surface area contributed by atoms with Gasteiger partial charge in [-0.05, 0) is 33.7 Å². The van der Waals surface area contributed by atoms with Gasteiger partial charge in [0, 0.05) is 12.7 Å². The zero-order valence-corrected chi connectivity index (χ0v) is 12.9. The second-order valence-electron chi connectivity index (χ2n) is 4.83. The van der Waals surface area contributed by atoms with Crippen molar-refractivity contribution >= 4 is 11.3 Å². The minimum absolute atomic E-state index is 0.298. The zero-order chi connectivity index (χ0) is 13.8. The fraction of sp³-hybridized carbons (Fsp3) is 0.571. The number of nitrogens with zero attached hydrogens (tertiary/aromatic N) is 3. The Bertz CT molecular complexity index is 529. The van der Waals surface area contributed by atoms with Crippen molar-refractivity contribution in [3.8, 4) is 0 Å². The van der Waals surface area contributed by atoms with Crippen LogP contribution in [-0.2, 0) is 6.54 Å². The van der Waals surface area contributed by atoms with E-state index in [-0.39, 0.29) is 0 Å². The van der Waals surface area contributed by atoms with Crippen molar-refractivity contribution in [2.45, 2.75) is 46.7 Å². The third-order valence-corrected chi connectivity index (χ3v) is 4.46. The maximum Gasteiger partial charge on any atom is 0.0954 e. The molecule has 0 saturated heterocycles. The summed E-state index contributed by atoms with van der Waals surface area (Å²) >= 11 is 1.78.